The molecule has 0 bridgehead atoms. The molecule has 1 aromatic heterocycles. The van der Waals surface area contributed by atoms with Gasteiger partial charge in [0.05, 0.1) is 17.9 Å². The van der Waals surface area contributed by atoms with Crippen molar-refractivity contribution in [1.29, 1.82) is 0 Å². The maximum Gasteiger partial charge on any atom is 0.245 e. The van der Waals surface area contributed by atoms with Crippen LogP contribution in [0.2, 0.25) is 0 Å². The van der Waals surface area contributed by atoms with Gasteiger partial charge in [-0.3, -0.25) is 10.8 Å². The van der Waals surface area contributed by atoms with Gasteiger partial charge in [-0.2, -0.15) is 4.31 Å². The Morgan fingerprint density at radius 3 is 2.52 bits per heavy atom. The summed E-state index contributed by atoms with van der Waals surface area (Å²) in [7, 11) is -3.64. The highest BCUT2D eigenvalue weighted by atomic mass is 32.2. The minimum atomic E-state index is -3.64. The average Bonchev–Trinajstić information content (AvgIpc) is 2.53. The first-order valence-corrected chi connectivity index (χ1v) is 7.99. The van der Waals surface area contributed by atoms with Crippen LogP contribution in [-0.2, 0) is 16.6 Å². The van der Waals surface area contributed by atoms with Gasteiger partial charge in [-0.25, -0.2) is 8.42 Å². The molecular weight excluding hydrogens is 288 g/mol. The highest BCUT2D eigenvalue weighted by Gasteiger charge is 2.25. The SMILES string of the molecule is CCN(Cc1ccccn1)S(=O)(=O)c1ccccc1NN. The molecule has 0 fully saturated rings. The molecule has 2 aromatic rings. The molecule has 0 atom stereocenters. The molecule has 0 aliphatic rings. The minimum Gasteiger partial charge on any atom is -0.323 e. The minimum absolute atomic E-state index is 0.158. The van der Waals surface area contributed by atoms with E-state index in [9.17, 15) is 8.42 Å². The van der Waals surface area contributed by atoms with Gasteiger partial charge < -0.3 is 5.43 Å². The van der Waals surface area contributed by atoms with E-state index in [0.717, 1.165) is 0 Å². The van der Waals surface area contributed by atoms with Crippen LogP contribution in [0.1, 0.15) is 12.6 Å². The summed E-state index contributed by atoms with van der Waals surface area (Å²) < 4.78 is 26.9. The van der Waals surface area contributed by atoms with Crippen LogP contribution in [0.15, 0.2) is 53.6 Å². The average molecular weight is 306 g/mol. The molecule has 1 aromatic carbocycles. The molecule has 0 saturated heterocycles. The number of sulfonamides is 1. The molecule has 112 valence electrons. The maximum absolute atomic E-state index is 12.8. The molecule has 7 heteroatoms. The standard InChI is InChI=1S/C14H18N4O2S/c1-2-18(11-12-7-5-6-10-16-12)21(19,20)14-9-4-3-8-13(14)17-15/h3-10,17H,2,11,15H2,1H3. The summed E-state index contributed by atoms with van der Waals surface area (Å²) in [6.45, 7) is 2.36. The topological polar surface area (TPSA) is 88.3 Å². The van der Waals surface area contributed by atoms with E-state index in [4.69, 9.17) is 5.84 Å². The second-order valence-electron chi connectivity index (χ2n) is 4.39. The van der Waals surface area contributed by atoms with Gasteiger partial charge in [-0.05, 0) is 24.3 Å². The van der Waals surface area contributed by atoms with Crippen molar-refractivity contribution in [3.8, 4) is 0 Å². The van der Waals surface area contributed by atoms with Crippen LogP contribution in [0.25, 0.3) is 0 Å². The number of pyridine rings is 1. The number of nitrogens with two attached hydrogens (primary N) is 1. The van der Waals surface area contributed by atoms with Crippen LogP contribution in [-0.4, -0.2) is 24.3 Å². The first kappa shape index (κ1) is 15.4. The number of nitrogen functional groups attached to an aromatic ring is 1. The van der Waals surface area contributed by atoms with E-state index in [1.807, 2.05) is 6.07 Å². The Morgan fingerprint density at radius 1 is 1.19 bits per heavy atom. The van der Waals surface area contributed by atoms with Crippen LogP contribution in [0, 0.1) is 0 Å². The molecule has 1 heterocycles. The summed E-state index contributed by atoms with van der Waals surface area (Å²) in [5, 5.41) is 0. The zero-order chi connectivity index (χ0) is 15.3. The van der Waals surface area contributed by atoms with Crippen molar-refractivity contribution in [2.75, 3.05) is 12.0 Å². The predicted molar refractivity (Wildman–Crippen MR) is 81.8 cm³/mol. The first-order chi connectivity index (χ1) is 10.1. The molecule has 0 saturated carbocycles. The van der Waals surface area contributed by atoms with Gasteiger partial charge in [-0.1, -0.05) is 25.1 Å². The lowest BCUT2D eigenvalue weighted by molar-refractivity contribution is 0.419. The second kappa shape index (κ2) is 6.66. The Hall–Kier alpha value is -1.96. The van der Waals surface area contributed by atoms with E-state index >= 15 is 0 Å². The van der Waals surface area contributed by atoms with Gasteiger partial charge in [-0.15, -0.1) is 0 Å². The van der Waals surface area contributed by atoms with Crippen LogP contribution in [0.5, 0.6) is 0 Å². The summed E-state index contributed by atoms with van der Waals surface area (Å²) in [5.41, 5.74) is 3.49. The molecule has 0 aliphatic carbocycles. The van der Waals surface area contributed by atoms with Crippen LogP contribution in [0.4, 0.5) is 5.69 Å². The Balaban J connectivity index is 2.36. The summed E-state index contributed by atoms with van der Waals surface area (Å²) in [6, 6.07) is 12.0. The third kappa shape index (κ3) is 3.38. The predicted octanol–water partition coefficient (Wildman–Crippen LogP) is 1.58. The number of para-hydroxylation sites is 1. The lowest BCUT2D eigenvalue weighted by Crippen LogP contribution is -2.31. The monoisotopic (exact) mass is 306 g/mol. The molecular formula is C14H18N4O2S. The number of anilines is 1. The van der Waals surface area contributed by atoms with E-state index in [-0.39, 0.29) is 11.4 Å². The largest absolute Gasteiger partial charge is 0.323 e. The van der Waals surface area contributed by atoms with Gasteiger partial charge >= 0.3 is 0 Å². The lowest BCUT2D eigenvalue weighted by Gasteiger charge is -2.21. The number of hydrogen-bond donors (Lipinski definition) is 2. The molecule has 3 N–H and O–H groups in total. The van der Waals surface area contributed by atoms with E-state index in [0.29, 0.717) is 17.9 Å². The van der Waals surface area contributed by atoms with Crippen molar-refractivity contribution in [3.05, 3.63) is 54.4 Å². The van der Waals surface area contributed by atoms with Crippen molar-refractivity contribution in [2.24, 2.45) is 5.84 Å². The van der Waals surface area contributed by atoms with Crippen molar-refractivity contribution in [1.82, 2.24) is 9.29 Å². The van der Waals surface area contributed by atoms with E-state index < -0.39 is 10.0 Å². The molecule has 21 heavy (non-hydrogen) atoms. The Kier molecular flexibility index (Phi) is 4.89. The summed E-state index contributed by atoms with van der Waals surface area (Å²) >= 11 is 0. The Bertz CT molecular complexity index is 689. The fourth-order valence-electron chi connectivity index (χ4n) is 1.99. The Labute approximate surface area is 124 Å². The smallest absolute Gasteiger partial charge is 0.245 e. The quantitative estimate of drug-likeness (QED) is 0.625. The molecule has 2 rings (SSSR count). The third-order valence-electron chi connectivity index (χ3n) is 3.08. The fourth-order valence-corrected chi connectivity index (χ4v) is 3.56. The van der Waals surface area contributed by atoms with Gasteiger partial charge in [0, 0.05) is 12.7 Å². The van der Waals surface area contributed by atoms with Crippen molar-refractivity contribution >= 4 is 15.7 Å². The van der Waals surface area contributed by atoms with E-state index in [1.165, 1.54) is 10.4 Å². The lowest BCUT2D eigenvalue weighted by atomic mass is 10.3. The number of rotatable bonds is 6. The number of nitrogens with one attached hydrogen (secondary N) is 1. The van der Waals surface area contributed by atoms with Crippen LogP contribution < -0.4 is 11.3 Å². The fraction of sp³-hybridized carbons (Fsp3) is 0.214. The van der Waals surface area contributed by atoms with Gasteiger partial charge in [0.25, 0.3) is 0 Å². The molecule has 0 unspecified atom stereocenters. The van der Waals surface area contributed by atoms with E-state index in [2.05, 4.69) is 10.4 Å². The highest BCUT2D eigenvalue weighted by Crippen LogP contribution is 2.24. The van der Waals surface area contributed by atoms with Gasteiger partial charge in [0.15, 0.2) is 0 Å². The Morgan fingerprint density at radius 2 is 1.90 bits per heavy atom. The number of hydrogen-bond acceptors (Lipinski definition) is 5. The van der Waals surface area contributed by atoms with Gasteiger partial charge in [0.1, 0.15) is 4.90 Å². The van der Waals surface area contributed by atoms with Crippen LogP contribution >= 0.6 is 0 Å². The number of benzene rings is 1. The molecule has 0 spiro atoms. The van der Waals surface area contributed by atoms with Crippen molar-refractivity contribution in [3.63, 3.8) is 0 Å². The molecule has 6 nitrogen and oxygen atoms in total. The molecule has 0 amide bonds. The second-order valence-corrected chi connectivity index (χ2v) is 6.30. The summed E-state index contributed by atoms with van der Waals surface area (Å²) in [5.74, 6) is 5.40. The number of nitrogens with zero attached hydrogens (tertiary/aromatic N) is 2. The van der Waals surface area contributed by atoms with Gasteiger partial charge in [0.2, 0.25) is 10.0 Å². The zero-order valence-electron chi connectivity index (χ0n) is 11.7. The third-order valence-corrected chi connectivity index (χ3v) is 5.06. The molecule has 0 aliphatic heterocycles. The van der Waals surface area contributed by atoms with Crippen molar-refractivity contribution in [2.45, 2.75) is 18.4 Å². The first-order valence-electron chi connectivity index (χ1n) is 6.55. The van der Waals surface area contributed by atoms with E-state index in [1.54, 1.807) is 43.5 Å². The normalized spacial score (nSPS) is 11.6. The summed E-state index contributed by atoms with van der Waals surface area (Å²) in [6.07, 6.45) is 1.64. The number of aromatic nitrogens is 1. The van der Waals surface area contributed by atoms with Crippen molar-refractivity contribution < 1.29 is 8.42 Å². The van der Waals surface area contributed by atoms with Crippen LogP contribution in [0.3, 0.4) is 0 Å². The highest BCUT2D eigenvalue weighted by molar-refractivity contribution is 7.89. The zero-order valence-corrected chi connectivity index (χ0v) is 12.5. The maximum atomic E-state index is 12.8. The molecule has 0 radical (unpaired) electrons. The number of hydrazine groups is 1. The summed E-state index contributed by atoms with van der Waals surface area (Å²) in [4.78, 5) is 4.33.